The summed E-state index contributed by atoms with van der Waals surface area (Å²) >= 11 is 0. The number of hydrogen-bond acceptors (Lipinski definition) is 3. The lowest BCUT2D eigenvalue weighted by molar-refractivity contribution is 0.0852. The molecule has 0 saturated heterocycles. The fourth-order valence-electron chi connectivity index (χ4n) is 2.28. The molecule has 3 heteroatoms. The summed E-state index contributed by atoms with van der Waals surface area (Å²) in [7, 11) is 0. The van der Waals surface area contributed by atoms with Gasteiger partial charge in [0, 0.05) is 6.54 Å². The molecule has 0 aliphatic heterocycles. The van der Waals surface area contributed by atoms with Crippen LogP contribution in [0.2, 0.25) is 0 Å². The molecule has 0 amide bonds. The van der Waals surface area contributed by atoms with Gasteiger partial charge in [0.05, 0.1) is 18.8 Å². The Bertz CT molecular complexity index is 339. The predicted octanol–water partition coefficient (Wildman–Crippen LogP) is 2.15. The van der Waals surface area contributed by atoms with Gasteiger partial charge in [-0.1, -0.05) is 51.1 Å². The van der Waals surface area contributed by atoms with Crippen LogP contribution in [-0.2, 0) is 0 Å². The second-order valence-corrected chi connectivity index (χ2v) is 5.59. The van der Waals surface area contributed by atoms with Gasteiger partial charge in [-0.2, -0.15) is 0 Å². The maximum atomic E-state index is 9.48. The Hall–Kier alpha value is -0.900. The minimum atomic E-state index is -0.568. The van der Waals surface area contributed by atoms with Gasteiger partial charge in [-0.15, -0.1) is 0 Å². The van der Waals surface area contributed by atoms with E-state index in [1.807, 2.05) is 13.0 Å². The molecule has 1 rings (SSSR count). The zero-order valence-electron chi connectivity index (χ0n) is 12.3. The van der Waals surface area contributed by atoms with E-state index in [1.54, 1.807) is 0 Å². The Morgan fingerprint density at radius 3 is 2.11 bits per heavy atom. The minimum absolute atomic E-state index is 0.0421. The van der Waals surface area contributed by atoms with Crippen molar-refractivity contribution < 1.29 is 10.2 Å². The minimum Gasteiger partial charge on any atom is -0.394 e. The van der Waals surface area contributed by atoms with Crippen LogP contribution < -0.4 is 5.32 Å². The topological polar surface area (TPSA) is 52.5 Å². The Labute approximate surface area is 116 Å². The molecule has 108 valence electrons. The van der Waals surface area contributed by atoms with Crippen LogP contribution in [0.5, 0.6) is 0 Å². The first kappa shape index (κ1) is 16.2. The zero-order chi connectivity index (χ0) is 14.3. The highest BCUT2D eigenvalue weighted by atomic mass is 16.3. The van der Waals surface area contributed by atoms with Gasteiger partial charge in [0.25, 0.3) is 0 Å². The van der Waals surface area contributed by atoms with Crippen molar-refractivity contribution in [3.63, 3.8) is 0 Å². The fraction of sp³-hybridized carbons (Fsp3) is 0.625. The second-order valence-electron chi connectivity index (χ2n) is 5.59. The normalized spacial score (nSPS) is 13.8. The van der Waals surface area contributed by atoms with E-state index < -0.39 is 5.54 Å². The smallest absolute Gasteiger partial charge is 0.0645 e. The van der Waals surface area contributed by atoms with Gasteiger partial charge in [-0.3, -0.25) is 0 Å². The van der Waals surface area contributed by atoms with Crippen LogP contribution in [0.15, 0.2) is 30.3 Å². The molecule has 1 unspecified atom stereocenters. The van der Waals surface area contributed by atoms with Crippen LogP contribution in [0.4, 0.5) is 0 Å². The highest BCUT2D eigenvalue weighted by Gasteiger charge is 2.27. The largest absolute Gasteiger partial charge is 0.394 e. The molecule has 0 saturated carbocycles. The molecule has 19 heavy (non-hydrogen) atoms. The van der Waals surface area contributed by atoms with Crippen LogP contribution >= 0.6 is 0 Å². The van der Waals surface area contributed by atoms with Gasteiger partial charge in [0.1, 0.15) is 0 Å². The summed E-state index contributed by atoms with van der Waals surface area (Å²) in [5.41, 5.74) is 0.730. The Kier molecular flexibility index (Phi) is 6.49. The summed E-state index contributed by atoms with van der Waals surface area (Å²) in [6, 6.07) is 10.4. The summed E-state index contributed by atoms with van der Waals surface area (Å²) in [6.45, 7) is 7.05. The van der Waals surface area contributed by atoms with Crippen molar-refractivity contribution in [2.75, 3.05) is 19.8 Å². The van der Waals surface area contributed by atoms with Crippen LogP contribution in [0, 0.1) is 5.92 Å². The van der Waals surface area contributed by atoms with Gasteiger partial charge < -0.3 is 15.5 Å². The van der Waals surface area contributed by atoms with Crippen molar-refractivity contribution in [3.05, 3.63) is 35.9 Å². The third-order valence-corrected chi connectivity index (χ3v) is 4.01. The van der Waals surface area contributed by atoms with Crippen molar-refractivity contribution in [2.24, 2.45) is 5.92 Å². The van der Waals surface area contributed by atoms with Crippen molar-refractivity contribution in [3.8, 4) is 0 Å². The molecule has 0 aliphatic carbocycles. The van der Waals surface area contributed by atoms with Crippen molar-refractivity contribution in [1.29, 1.82) is 0 Å². The number of nitrogens with one attached hydrogen (secondary N) is 1. The first-order chi connectivity index (χ1) is 9.08. The van der Waals surface area contributed by atoms with Gasteiger partial charge >= 0.3 is 0 Å². The molecule has 0 heterocycles. The molecular weight excluding hydrogens is 238 g/mol. The van der Waals surface area contributed by atoms with E-state index in [-0.39, 0.29) is 13.2 Å². The van der Waals surface area contributed by atoms with Crippen LogP contribution in [0.3, 0.4) is 0 Å². The maximum absolute atomic E-state index is 9.48. The lowest BCUT2D eigenvalue weighted by Gasteiger charge is -2.33. The van der Waals surface area contributed by atoms with E-state index in [4.69, 9.17) is 0 Å². The number of aliphatic hydroxyl groups is 2. The molecule has 1 atom stereocenters. The molecule has 0 spiro atoms. The van der Waals surface area contributed by atoms with E-state index in [1.165, 1.54) is 5.56 Å². The molecule has 0 aliphatic rings. The zero-order valence-corrected chi connectivity index (χ0v) is 12.3. The first-order valence-corrected chi connectivity index (χ1v) is 7.10. The number of rotatable bonds is 8. The van der Waals surface area contributed by atoms with Crippen molar-refractivity contribution in [2.45, 2.75) is 38.6 Å². The summed E-state index contributed by atoms with van der Waals surface area (Å²) in [5, 5.41) is 22.3. The van der Waals surface area contributed by atoms with Gasteiger partial charge in [0.15, 0.2) is 0 Å². The average molecular weight is 265 g/mol. The van der Waals surface area contributed by atoms with Gasteiger partial charge in [-0.05, 0) is 23.8 Å². The van der Waals surface area contributed by atoms with Crippen LogP contribution in [0.25, 0.3) is 0 Å². The van der Waals surface area contributed by atoms with Crippen LogP contribution in [0.1, 0.15) is 38.7 Å². The number of benzene rings is 1. The van der Waals surface area contributed by atoms with E-state index in [0.717, 1.165) is 6.54 Å². The molecule has 3 nitrogen and oxygen atoms in total. The summed E-state index contributed by atoms with van der Waals surface area (Å²) < 4.78 is 0. The second kappa shape index (κ2) is 7.63. The average Bonchev–Trinajstić information content (AvgIpc) is 2.45. The van der Waals surface area contributed by atoms with E-state index in [9.17, 15) is 10.2 Å². The highest BCUT2D eigenvalue weighted by Crippen LogP contribution is 2.24. The monoisotopic (exact) mass is 265 g/mol. The maximum Gasteiger partial charge on any atom is 0.0645 e. The third-order valence-electron chi connectivity index (χ3n) is 4.01. The SMILES string of the molecule is CCC(CO)(CO)NCC(c1ccccc1)C(C)C. The Morgan fingerprint density at radius 1 is 1.11 bits per heavy atom. The molecule has 0 aromatic heterocycles. The molecule has 0 bridgehead atoms. The molecule has 0 radical (unpaired) electrons. The molecule has 1 aromatic rings. The quantitative estimate of drug-likeness (QED) is 0.675. The number of hydrogen-bond donors (Lipinski definition) is 3. The standard InChI is InChI=1S/C16H27NO2/c1-4-16(11-18,12-19)17-10-15(13(2)3)14-8-6-5-7-9-14/h5-9,13,15,17-19H,4,10-12H2,1-3H3. The Balaban J connectivity index is 2.76. The first-order valence-electron chi connectivity index (χ1n) is 7.10. The van der Waals surface area contributed by atoms with E-state index >= 15 is 0 Å². The lowest BCUT2D eigenvalue weighted by atomic mass is 9.87. The fourth-order valence-corrected chi connectivity index (χ4v) is 2.28. The number of aliphatic hydroxyl groups excluding tert-OH is 2. The van der Waals surface area contributed by atoms with Gasteiger partial charge in [0.2, 0.25) is 0 Å². The molecule has 1 aromatic carbocycles. The lowest BCUT2D eigenvalue weighted by Crippen LogP contribution is -2.52. The highest BCUT2D eigenvalue weighted by molar-refractivity contribution is 5.20. The summed E-state index contributed by atoms with van der Waals surface area (Å²) in [4.78, 5) is 0. The van der Waals surface area contributed by atoms with E-state index in [2.05, 4.69) is 43.4 Å². The predicted molar refractivity (Wildman–Crippen MR) is 79.2 cm³/mol. The van der Waals surface area contributed by atoms with E-state index in [0.29, 0.717) is 18.3 Å². The van der Waals surface area contributed by atoms with Crippen molar-refractivity contribution >= 4 is 0 Å². The van der Waals surface area contributed by atoms with Crippen LogP contribution in [-0.4, -0.2) is 35.5 Å². The molecular formula is C16H27NO2. The molecule has 0 fully saturated rings. The van der Waals surface area contributed by atoms with Crippen molar-refractivity contribution in [1.82, 2.24) is 5.32 Å². The summed E-state index contributed by atoms with van der Waals surface area (Å²) in [5.74, 6) is 0.882. The third kappa shape index (κ3) is 4.30. The van der Waals surface area contributed by atoms with Gasteiger partial charge in [-0.25, -0.2) is 0 Å². The molecule has 3 N–H and O–H groups in total. The Morgan fingerprint density at radius 2 is 1.68 bits per heavy atom. The summed E-state index contributed by atoms with van der Waals surface area (Å²) in [6.07, 6.45) is 0.708.